The summed E-state index contributed by atoms with van der Waals surface area (Å²) in [6, 6.07) is 15.4. The first kappa shape index (κ1) is 20.1. The van der Waals surface area contributed by atoms with Crippen molar-refractivity contribution in [3.8, 4) is 11.8 Å². The van der Waals surface area contributed by atoms with Crippen LogP contribution in [-0.4, -0.2) is 17.9 Å². The Labute approximate surface area is 173 Å². The number of ether oxygens (including phenoxy) is 1. The van der Waals surface area contributed by atoms with Crippen LogP contribution in [0.2, 0.25) is 10.0 Å². The molecule has 0 aliphatic carbocycles. The molecule has 0 amide bonds. The minimum atomic E-state index is 0.283. The SMILES string of the molecule is CO/N=C\c1cc2cc(OCc3c(Cl)cccc3Cl)ccc2n1CCCC#N. The number of aryl methyl sites for hydroxylation is 1. The molecule has 0 fully saturated rings. The Kier molecular flexibility index (Phi) is 6.80. The van der Waals surface area contributed by atoms with Crippen molar-refractivity contribution in [3.63, 3.8) is 0 Å². The zero-order valence-corrected chi connectivity index (χ0v) is 16.9. The standard InChI is InChI=1S/C21H19Cl2N3O2/c1-27-25-13-16-11-15-12-17(7-8-21(15)26(16)10-3-2-9-24)28-14-18-19(22)5-4-6-20(18)23/h4-8,11-13H,2-3,10,14H2,1H3/b25-13-. The third-order valence-corrected chi connectivity index (χ3v) is 5.02. The fraction of sp³-hybridized carbons (Fsp3) is 0.238. The normalized spacial score (nSPS) is 11.1. The van der Waals surface area contributed by atoms with Gasteiger partial charge >= 0.3 is 0 Å². The van der Waals surface area contributed by atoms with Crippen molar-refractivity contribution in [3.05, 3.63) is 63.8 Å². The number of nitriles is 1. The molecule has 0 saturated heterocycles. The molecule has 0 aliphatic rings. The zero-order chi connectivity index (χ0) is 19.9. The van der Waals surface area contributed by atoms with Crippen LogP contribution < -0.4 is 4.74 Å². The summed E-state index contributed by atoms with van der Waals surface area (Å²) in [5, 5.41) is 14.8. The number of unbranched alkanes of at least 4 members (excludes halogenated alkanes) is 1. The molecule has 144 valence electrons. The molecule has 2 aromatic carbocycles. The predicted octanol–water partition coefficient (Wildman–Crippen LogP) is 5.81. The van der Waals surface area contributed by atoms with Crippen LogP contribution in [0.25, 0.3) is 10.9 Å². The molecule has 1 heterocycles. The lowest BCUT2D eigenvalue weighted by atomic mass is 10.2. The van der Waals surface area contributed by atoms with Gasteiger partial charge in [0.15, 0.2) is 0 Å². The Morgan fingerprint density at radius 2 is 1.96 bits per heavy atom. The Morgan fingerprint density at radius 1 is 1.18 bits per heavy atom. The van der Waals surface area contributed by atoms with Gasteiger partial charge in [0.2, 0.25) is 0 Å². The summed E-state index contributed by atoms with van der Waals surface area (Å²) in [4.78, 5) is 4.81. The molecule has 0 bridgehead atoms. The summed E-state index contributed by atoms with van der Waals surface area (Å²) in [6.07, 6.45) is 2.92. The molecule has 0 unspecified atom stereocenters. The highest BCUT2D eigenvalue weighted by Gasteiger charge is 2.10. The number of benzene rings is 2. The van der Waals surface area contributed by atoms with Gasteiger partial charge < -0.3 is 14.1 Å². The van der Waals surface area contributed by atoms with Gasteiger partial charge in [-0.2, -0.15) is 5.26 Å². The molecule has 1 aromatic heterocycles. The Hall–Kier alpha value is -2.68. The molecule has 0 radical (unpaired) electrons. The second-order valence-electron chi connectivity index (χ2n) is 6.11. The molecular weight excluding hydrogens is 397 g/mol. The lowest BCUT2D eigenvalue weighted by Gasteiger charge is -2.10. The van der Waals surface area contributed by atoms with Crippen molar-refractivity contribution in [1.29, 1.82) is 5.26 Å². The van der Waals surface area contributed by atoms with Gasteiger partial charge in [0.25, 0.3) is 0 Å². The monoisotopic (exact) mass is 415 g/mol. The molecule has 3 aromatic rings. The quantitative estimate of drug-likeness (QED) is 0.265. The lowest BCUT2D eigenvalue weighted by Crippen LogP contribution is -2.02. The van der Waals surface area contributed by atoms with E-state index in [0.29, 0.717) is 22.2 Å². The summed E-state index contributed by atoms with van der Waals surface area (Å²) in [6.45, 7) is 1.00. The van der Waals surface area contributed by atoms with E-state index >= 15 is 0 Å². The van der Waals surface area contributed by atoms with Gasteiger partial charge in [-0.05, 0) is 42.8 Å². The first-order valence-corrected chi connectivity index (χ1v) is 9.52. The number of nitrogens with zero attached hydrogens (tertiary/aromatic N) is 3. The van der Waals surface area contributed by atoms with Crippen LogP contribution in [0.5, 0.6) is 5.75 Å². The molecule has 0 N–H and O–H groups in total. The van der Waals surface area contributed by atoms with Gasteiger partial charge in [-0.15, -0.1) is 0 Å². The number of oxime groups is 1. The predicted molar refractivity (Wildman–Crippen MR) is 112 cm³/mol. The summed E-state index contributed by atoms with van der Waals surface area (Å²) < 4.78 is 8.03. The zero-order valence-electron chi connectivity index (χ0n) is 15.4. The van der Waals surface area contributed by atoms with Gasteiger partial charge in [-0.1, -0.05) is 34.4 Å². The summed E-state index contributed by atoms with van der Waals surface area (Å²) in [5.74, 6) is 0.716. The summed E-state index contributed by atoms with van der Waals surface area (Å²) >= 11 is 12.4. The van der Waals surface area contributed by atoms with Crippen molar-refractivity contribution in [1.82, 2.24) is 4.57 Å². The maximum Gasteiger partial charge on any atom is 0.120 e. The highest BCUT2D eigenvalue weighted by molar-refractivity contribution is 6.35. The molecule has 3 rings (SSSR count). The fourth-order valence-electron chi connectivity index (χ4n) is 2.97. The van der Waals surface area contributed by atoms with Crippen LogP contribution in [0.3, 0.4) is 0 Å². The highest BCUT2D eigenvalue weighted by Crippen LogP contribution is 2.28. The molecule has 5 nitrogen and oxygen atoms in total. The molecule has 28 heavy (non-hydrogen) atoms. The van der Waals surface area contributed by atoms with Crippen LogP contribution in [0, 0.1) is 11.3 Å². The molecule has 0 atom stereocenters. The van der Waals surface area contributed by atoms with Gasteiger partial charge in [0.05, 0.1) is 18.0 Å². The van der Waals surface area contributed by atoms with Crippen molar-refractivity contribution >= 4 is 40.3 Å². The first-order valence-electron chi connectivity index (χ1n) is 8.76. The van der Waals surface area contributed by atoms with Gasteiger partial charge in [-0.3, -0.25) is 0 Å². The maximum absolute atomic E-state index is 8.81. The maximum atomic E-state index is 8.81. The molecular formula is C21H19Cl2N3O2. The van der Waals surface area contributed by atoms with Crippen molar-refractivity contribution in [2.45, 2.75) is 26.0 Å². The second kappa shape index (κ2) is 9.50. The van der Waals surface area contributed by atoms with Crippen molar-refractivity contribution < 1.29 is 9.57 Å². The Balaban J connectivity index is 1.86. The Bertz CT molecular complexity index is 1020. The number of rotatable bonds is 8. The number of hydrogen-bond donors (Lipinski definition) is 0. The minimum absolute atomic E-state index is 0.283. The van der Waals surface area contributed by atoms with Crippen LogP contribution >= 0.6 is 23.2 Å². The van der Waals surface area contributed by atoms with E-state index in [2.05, 4.69) is 15.8 Å². The molecule has 7 heteroatoms. The van der Waals surface area contributed by atoms with E-state index in [0.717, 1.165) is 35.1 Å². The van der Waals surface area contributed by atoms with Crippen molar-refractivity contribution in [2.24, 2.45) is 5.16 Å². The van der Waals surface area contributed by atoms with E-state index < -0.39 is 0 Å². The van der Waals surface area contributed by atoms with Gasteiger partial charge in [-0.25, -0.2) is 0 Å². The third-order valence-electron chi connectivity index (χ3n) is 4.31. The molecule has 0 spiro atoms. The largest absolute Gasteiger partial charge is 0.489 e. The van der Waals surface area contributed by atoms with E-state index in [9.17, 15) is 0 Å². The van der Waals surface area contributed by atoms with E-state index in [4.69, 9.17) is 38.0 Å². The van der Waals surface area contributed by atoms with E-state index in [1.807, 2.05) is 24.3 Å². The van der Waals surface area contributed by atoms with E-state index in [1.165, 1.54) is 7.11 Å². The summed E-state index contributed by atoms with van der Waals surface area (Å²) in [7, 11) is 1.50. The number of fused-ring (bicyclic) bond motifs is 1. The van der Waals surface area contributed by atoms with E-state index in [1.54, 1.807) is 24.4 Å². The summed E-state index contributed by atoms with van der Waals surface area (Å²) in [5.41, 5.74) is 2.70. The van der Waals surface area contributed by atoms with Crippen LogP contribution in [-0.2, 0) is 18.0 Å². The average molecular weight is 416 g/mol. The number of halogens is 2. The fourth-order valence-corrected chi connectivity index (χ4v) is 3.47. The second-order valence-corrected chi connectivity index (χ2v) is 6.92. The third kappa shape index (κ3) is 4.59. The van der Waals surface area contributed by atoms with Crippen molar-refractivity contribution in [2.75, 3.05) is 7.11 Å². The Morgan fingerprint density at radius 3 is 2.68 bits per heavy atom. The number of hydrogen-bond acceptors (Lipinski definition) is 4. The van der Waals surface area contributed by atoms with Crippen LogP contribution in [0.15, 0.2) is 47.6 Å². The highest BCUT2D eigenvalue weighted by atomic mass is 35.5. The topological polar surface area (TPSA) is 59.5 Å². The van der Waals surface area contributed by atoms with E-state index in [-0.39, 0.29) is 6.61 Å². The smallest absolute Gasteiger partial charge is 0.120 e. The van der Waals surface area contributed by atoms with Gasteiger partial charge in [0, 0.05) is 39.5 Å². The lowest BCUT2D eigenvalue weighted by molar-refractivity contribution is 0.215. The molecule has 0 aliphatic heterocycles. The average Bonchev–Trinajstić information content (AvgIpc) is 3.03. The van der Waals surface area contributed by atoms with Crippen LogP contribution in [0.4, 0.5) is 0 Å². The van der Waals surface area contributed by atoms with Gasteiger partial charge in [0.1, 0.15) is 19.5 Å². The minimum Gasteiger partial charge on any atom is -0.489 e. The molecule has 0 saturated carbocycles. The number of aromatic nitrogens is 1. The first-order chi connectivity index (χ1) is 13.6. The van der Waals surface area contributed by atoms with Crippen LogP contribution in [0.1, 0.15) is 24.1 Å².